The van der Waals surface area contributed by atoms with Gasteiger partial charge in [0.15, 0.2) is 0 Å². The molecule has 142 valence electrons. The third kappa shape index (κ3) is 4.25. The highest BCUT2D eigenvalue weighted by Gasteiger charge is 2.23. The minimum Gasteiger partial charge on any atom is -0.445 e. The van der Waals surface area contributed by atoms with Crippen molar-refractivity contribution in [2.45, 2.75) is 19.6 Å². The molecule has 2 aliphatic rings. The summed E-state index contributed by atoms with van der Waals surface area (Å²) in [4.78, 5) is 19.1. The van der Waals surface area contributed by atoms with Crippen LogP contribution >= 0.6 is 0 Å². The van der Waals surface area contributed by atoms with E-state index >= 15 is 0 Å². The molecule has 0 aromatic heterocycles. The topological polar surface area (TPSA) is 36.0 Å². The SMILES string of the molecule is CN1CCN(c2ccc3c(c2)CCN(C(=O)OCc2ccccc2)C3)CC1. The Bertz CT molecular complexity index is 785. The van der Waals surface area contributed by atoms with E-state index in [9.17, 15) is 4.79 Å². The summed E-state index contributed by atoms with van der Waals surface area (Å²) in [6.07, 6.45) is 0.657. The lowest BCUT2D eigenvalue weighted by Gasteiger charge is -2.35. The predicted molar refractivity (Wildman–Crippen MR) is 107 cm³/mol. The number of anilines is 1. The number of piperazine rings is 1. The van der Waals surface area contributed by atoms with Gasteiger partial charge in [0.1, 0.15) is 6.61 Å². The van der Waals surface area contributed by atoms with Crippen LogP contribution in [0.25, 0.3) is 0 Å². The normalized spacial score (nSPS) is 17.5. The average Bonchev–Trinajstić information content (AvgIpc) is 2.72. The van der Waals surface area contributed by atoms with Crippen molar-refractivity contribution in [3.05, 3.63) is 65.2 Å². The van der Waals surface area contributed by atoms with Crippen molar-refractivity contribution in [1.29, 1.82) is 0 Å². The van der Waals surface area contributed by atoms with Gasteiger partial charge in [0.2, 0.25) is 0 Å². The first-order valence-electron chi connectivity index (χ1n) is 9.70. The van der Waals surface area contributed by atoms with Gasteiger partial charge in [-0.1, -0.05) is 36.4 Å². The van der Waals surface area contributed by atoms with E-state index in [2.05, 4.69) is 35.0 Å². The molecule has 0 spiro atoms. The Kier molecular flexibility index (Phi) is 5.30. The van der Waals surface area contributed by atoms with Gasteiger partial charge in [-0.05, 0) is 42.3 Å². The van der Waals surface area contributed by atoms with Crippen molar-refractivity contribution in [2.24, 2.45) is 0 Å². The molecule has 2 aromatic carbocycles. The molecule has 0 N–H and O–H groups in total. The van der Waals surface area contributed by atoms with Crippen molar-refractivity contribution in [2.75, 3.05) is 44.7 Å². The Labute approximate surface area is 161 Å². The molecule has 0 atom stereocenters. The quantitative estimate of drug-likeness (QED) is 0.837. The van der Waals surface area contributed by atoms with Gasteiger partial charge in [0, 0.05) is 45.0 Å². The lowest BCUT2D eigenvalue weighted by molar-refractivity contribution is 0.0918. The van der Waals surface area contributed by atoms with Crippen LogP contribution in [0.4, 0.5) is 10.5 Å². The molecule has 0 saturated carbocycles. The van der Waals surface area contributed by atoms with Crippen LogP contribution in [0.2, 0.25) is 0 Å². The van der Waals surface area contributed by atoms with Crippen LogP contribution in [0.1, 0.15) is 16.7 Å². The summed E-state index contributed by atoms with van der Waals surface area (Å²) in [6.45, 7) is 6.04. The van der Waals surface area contributed by atoms with Crippen LogP contribution in [0, 0.1) is 0 Å². The zero-order valence-electron chi connectivity index (χ0n) is 15.9. The molecule has 4 rings (SSSR count). The van der Waals surface area contributed by atoms with Crippen molar-refractivity contribution < 1.29 is 9.53 Å². The van der Waals surface area contributed by atoms with Gasteiger partial charge in [-0.2, -0.15) is 0 Å². The highest BCUT2D eigenvalue weighted by atomic mass is 16.6. The fourth-order valence-electron chi connectivity index (χ4n) is 3.77. The number of benzene rings is 2. The first-order chi connectivity index (χ1) is 13.2. The molecule has 2 heterocycles. The van der Waals surface area contributed by atoms with Crippen LogP contribution < -0.4 is 4.90 Å². The van der Waals surface area contributed by atoms with Gasteiger partial charge in [-0.15, -0.1) is 0 Å². The largest absolute Gasteiger partial charge is 0.445 e. The lowest BCUT2D eigenvalue weighted by Crippen LogP contribution is -2.44. The summed E-state index contributed by atoms with van der Waals surface area (Å²) in [6, 6.07) is 16.5. The molecule has 1 amide bonds. The molecular weight excluding hydrogens is 338 g/mol. The fourth-order valence-corrected chi connectivity index (χ4v) is 3.77. The number of hydrogen-bond donors (Lipinski definition) is 0. The Morgan fingerprint density at radius 1 is 0.963 bits per heavy atom. The van der Waals surface area contributed by atoms with E-state index in [0.717, 1.165) is 38.2 Å². The maximum Gasteiger partial charge on any atom is 0.410 e. The highest BCUT2D eigenvalue weighted by molar-refractivity contribution is 5.68. The van der Waals surface area contributed by atoms with Gasteiger partial charge in [0.25, 0.3) is 0 Å². The number of fused-ring (bicyclic) bond motifs is 1. The first-order valence-corrected chi connectivity index (χ1v) is 9.70. The minimum absolute atomic E-state index is 0.229. The van der Waals surface area contributed by atoms with Crippen LogP contribution in [-0.2, 0) is 24.3 Å². The van der Waals surface area contributed by atoms with Crippen molar-refractivity contribution >= 4 is 11.8 Å². The smallest absolute Gasteiger partial charge is 0.410 e. The van der Waals surface area contributed by atoms with Gasteiger partial charge in [-0.25, -0.2) is 4.79 Å². The van der Waals surface area contributed by atoms with E-state index < -0.39 is 0 Å². The number of nitrogens with zero attached hydrogens (tertiary/aromatic N) is 3. The summed E-state index contributed by atoms with van der Waals surface area (Å²) in [5.74, 6) is 0. The summed E-state index contributed by atoms with van der Waals surface area (Å²) >= 11 is 0. The van der Waals surface area contributed by atoms with Gasteiger partial charge in [0.05, 0.1) is 0 Å². The average molecular weight is 365 g/mol. The third-order valence-electron chi connectivity index (χ3n) is 5.53. The van der Waals surface area contributed by atoms with E-state index in [1.54, 1.807) is 4.90 Å². The van der Waals surface area contributed by atoms with E-state index in [0.29, 0.717) is 19.7 Å². The van der Waals surface area contributed by atoms with Crippen LogP contribution in [0.5, 0.6) is 0 Å². The maximum absolute atomic E-state index is 12.4. The Morgan fingerprint density at radius 3 is 2.52 bits per heavy atom. The summed E-state index contributed by atoms with van der Waals surface area (Å²) in [7, 11) is 2.18. The number of amides is 1. The van der Waals surface area contributed by atoms with Crippen LogP contribution in [0.15, 0.2) is 48.5 Å². The number of likely N-dealkylation sites (N-methyl/N-ethyl adjacent to an activating group) is 1. The Balaban J connectivity index is 1.36. The lowest BCUT2D eigenvalue weighted by atomic mass is 9.99. The second kappa shape index (κ2) is 8.01. The summed E-state index contributed by atoms with van der Waals surface area (Å²) in [5.41, 5.74) is 4.91. The molecule has 2 aliphatic heterocycles. The molecule has 5 nitrogen and oxygen atoms in total. The monoisotopic (exact) mass is 365 g/mol. The molecule has 0 bridgehead atoms. The fraction of sp³-hybridized carbons (Fsp3) is 0.409. The van der Waals surface area contributed by atoms with Crippen LogP contribution in [-0.4, -0.2) is 55.7 Å². The Morgan fingerprint density at radius 2 is 1.74 bits per heavy atom. The van der Waals surface area contributed by atoms with E-state index in [-0.39, 0.29) is 6.09 Å². The van der Waals surface area contributed by atoms with Crippen molar-refractivity contribution in [3.8, 4) is 0 Å². The van der Waals surface area contributed by atoms with Gasteiger partial charge in [-0.3, -0.25) is 0 Å². The van der Waals surface area contributed by atoms with Crippen molar-refractivity contribution in [3.63, 3.8) is 0 Å². The standard InChI is InChI=1S/C22H27N3O2/c1-23-11-13-24(14-12-23)21-8-7-20-16-25(10-9-19(20)15-21)22(26)27-17-18-5-3-2-4-6-18/h2-8,15H,9-14,16-17H2,1H3. The molecule has 1 saturated heterocycles. The molecule has 1 fully saturated rings. The minimum atomic E-state index is -0.229. The van der Waals surface area contributed by atoms with Crippen molar-refractivity contribution in [1.82, 2.24) is 9.80 Å². The maximum atomic E-state index is 12.4. The number of carbonyl (C=O) groups is 1. The van der Waals surface area contributed by atoms with E-state index in [4.69, 9.17) is 4.74 Å². The van der Waals surface area contributed by atoms with Crippen LogP contribution in [0.3, 0.4) is 0 Å². The second-order valence-corrected chi connectivity index (χ2v) is 7.46. The highest BCUT2D eigenvalue weighted by Crippen LogP contribution is 2.26. The molecule has 0 radical (unpaired) electrons. The molecule has 0 aliphatic carbocycles. The van der Waals surface area contributed by atoms with E-state index in [1.807, 2.05) is 30.3 Å². The Hall–Kier alpha value is -2.53. The number of rotatable bonds is 3. The zero-order valence-corrected chi connectivity index (χ0v) is 15.9. The zero-order chi connectivity index (χ0) is 18.6. The molecule has 5 heteroatoms. The first kappa shape index (κ1) is 17.9. The second-order valence-electron chi connectivity index (χ2n) is 7.46. The number of ether oxygens (including phenoxy) is 1. The molecule has 2 aromatic rings. The van der Waals surface area contributed by atoms with Gasteiger partial charge >= 0.3 is 6.09 Å². The predicted octanol–water partition coefficient (Wildman–Crippen LogP) is 3.13. The van der Waals surface area contributed by atoms with Gasteiger partial charge < -0.3 is 19.4 Å². The molecule has 0 unspecified atom stereocenters. The summed E-state index contributed by atoms with van der Waals surface area (Å²) < 4.78 is 5.49. The third-order valence-corrected chi connectivity index (χ3v) is 5.53. The number of hydrogen-bond acceptors (Lipinski definition) is 4. The number of carbonyl (C=O) groups excluding carboxylic acids is 1. The summed E-state index contributed by atoms with van der Waals surface area (Å²) in [5, 5.41) is 0. The van der Waals surface area contributed by atoms with E-state index in [1.165, 1.54) is 16.8 Å². The molecule has 27 heavy (non-hydrogen) atoms. The molecular formula is C22H27N3O2.